The molecule has 1 saturated heterocycles. The van der Waals surface area contributed by atoms with Gasteiger partial charge < -0.3 is 18.8 Å². The minimum absolute atomic E-state index is 0.0373. The van der Waals surface area contributed by atoms with Crippen LogP contribution in [0.4, 0.5) is 0 Å². The van der Waals surface area contributed by atoms with Crippen molar-refractivity contribution < 1.29 is 18.7 Å². The van der Waals surface area contributed by atoms with Crippen LogP contribution in [-0.2, 0) is 0 Å². The van der Waals surface area contributed by atoms with Crippen LogP contribution in [0.1, 0.15) is 34.5 Å². The van der Waals surface area contributed by atoms with E-state index in [-0.39, 0.29) is 11.8 Å². The molecule has 3 rings (SSSR count). The van der Waals surface area contributed by atoms with Gasteiger partial charge in [-0.3, -0.25) is 4.79 Å². The molecule has 2 aromatic rings. The van der Waals surface area contributed by atoms with Crippen molar-refractivity contribution >= 4 is 5.91 Å². The number of hydrogen-bond acceptors (Lipinski definition) is 6. The van der Waals surface area contributed by atoms with Crippen LogP contribution in [0.25, 0.3) is 0 Å². The fourth-order valence-electron chi connectivity index (χ4n) is 2.77. The zero-order chi connectivity index (χ0) is 16.4. The van der Waals surface area contributed by atoms with Crippen molar-refractivity contribution in [3.05, 3.63) is 35.5 Å². The number of rotatable bonds is 4. The maximum atomic E-state index is 12.7. The molecule has 0 spiro atoms. The summed E-state index contributed by atoms with van der Waals surface area (Å²) in [6.45, 7) is 3.01. The molecule has 1 aromatic heterocycles. The molecule has 0 saturated carbocycles. The SMILES string of the molecule is COc1ccc(C(=O)N2CCC(c3nnc(C)o3)C2)cc1OC. The number of amides is 1. The van der Waals surface area contributed by atoms with Gasteiger partial charge in [0.1, 0.15) is 0 Å². The molecular weight excluding hydrogens is 298 g/mol. The Morgan fingerprint density at radius 1 is 1.26 bits per heavy atom. The van der Waals surface area contributed by atoms with E-state index in [1.54, 1.807) is 44.2 Å². The Kier molecular flexibility index (Phi) is 4.18. The van der Waals surface area contributed by atoms with E-state index >= 15 is 0 Å². The lowest BCUT2D eigenvalue weighted by Crippen LogP contribution is -2.28. The number of aromatic nitrogens is 2. The number of methoxy groups -OCH3 is 2. The summed E-state index contributed by atoms with van der Waals surface area (Å²) in [7, 11) is 3.12. The molecule has 1 aliphatic rings. The average molecular weight is 317 g/mol. The van der Waals surface area contributed by atoms with E-state index in [2.05, 4.69) is 10.2 Å². The summed E-state index contributed by atoms with van der Waals surface area (Å²) in [4.78, 5) is 14.5. The molecule has 1 unspecified atom stereocenters. The molecule has 0 N–H and O–H groups in total. The molecule has 2 heterocycles. The van der Waals surface area contributed by atoms with Crippen LogP contribution in [-0.4, -0.2) is 48.3 Å². The lowest BCUT2D eigenvalue weighted by atomic mass is 10.1. The van der Waals surface area contributed by atoms with Gasteiger partial charge in [0.25, 0.3) is 5.91 Å². The number of carbonyl (C=O) groups is 1. The first kappa shape index (κ1) is 15.3. The second kappa shape index (κ2) is 6.28. The second-order valence-electron chi connectivity index (χ2n) is 5.47. The van der Waals surface area contributed by atoms with Crippen molar-refractivity contribution in [2.45, 2.75) is 19.3 Å². The Bertz CT molecular complexity index is 713. The predicted octanol–water partition coefficient (Wildman–Crippen LogP) is 2.02. The highest BCUT2D eigenvalue weighted by atomic mass is 16.5. The zero-order valence-electron chi connectivity index (χ0n) is 13.4. The summed E-state index contributed by atoms with van der Waals surface area (Å²) in [5.74, 6) is 2.35. The van der Waals surface area contributed by atoms with Gasteiger partial charge in [-0.05, 0) is 24.6 Å². The Balaban J connectivity index is 1.74. The lowest BCUT2D eigenvalue weighted by Gasteiger charge is -2.17. The number of ether oxygens (including phenoxy) is 2. The van der Waals surface area contributed by atoms with Gasteiger partial charge in [-0.25, -0.2) is 0 Å². The largest absolute Gasteiger partial charge is 0.493 e. The molecule has 0 aliphatic carbocycles. The van der Waals surface area contributed by atoms with Crippen LogP contribution >= 0.6 is 0 Å². The van der Waals surface area contributed by atoms with Crippen molar-refractivity contribution in [1.29, 1.82) is 0 Å². The fraction of sp³-hybridized carbons (Fsp3) is 0.438. The van der Waals surface area contributed by atoms with Gasteiger partial charge in [0.15, 0.2) is 11.5 Å². The normalized spacial score (nSPS) is 17.3. The first-order valence-electron chi connectivity index (χ1n) is 7.43. The van der Waals surface area contributed by atoms with Gasteiger partial charge >= 0.3 is 0 Å². The smallest absolute Gasteiger partial charge is 0.254 e. The molecule has 1 aromatic carbocycles. The lowest BCUT2D eigenvalue weighted by molar-refractivity contribution is 0.0789. The molecule has 23 heavy (non-hydrogen) atoms. The Morgan fingerprint density at radius 3 is 2.70 bits per heavy atom. The topological polar surface area (TPSA) is 77.7 Å². The van der Waals surface area contributed by atoms with Crippen LogP contribution in [0.5, 0.6) is 11.5 Å². The first-order chi connectivity index (χ1) is 11.1. The van der Waals surface area contributed by atoms with Gasteiger partial charge in [0.2, 0.25) is 11.8 Å². The van der Waals surface area contributed by atoms with E-state index in [0.717, 1.165) is 6.42 Å². The van der Waals surface area contributed by atoms with Crippen molar-refractivity contribution in [2.75, 3.05) is 27.3 Å². The molecular formula is C16H19N3O4. The molecule has 122 valence electrons. The Morgan fingerprint density at radius 2 is 2.04 bits per heavy atom. The third-order valence-electron chi connectivity index (χ3n) is 4.00. The third kappa shape index (κ3) is 2.99. The van der Waals surface area contributed by atoms with E-state index in [4.69, 9.17) is 13.9 Å². The molecule has 0 radical (unpaired) electrons. The van der Waals surface area contributed by atoms with Crippen LogP contribution < -0.4 is 9.47 Å². The number of carbonyl (C=O) groups excluding carboxylic acids is 1. The number of hydrogen-bond donors (Lipinski definition) is 0. The van der Waals surface area contributed by atoms with Crippen LogP contribution in [0.15, 0.2) is 22.6 Å². The number of aryl methyl sites for hydroxylation is 1. The summed E-state index contributed by atoms with van der Waals surface area (Å²) in [6.07, 6.45) is 0.820. The van der Waals surface area contributed by atoms with E-state index in [1.807, 2.05) is 0 Å². The van der Waals surface area contributed by atoms with Crippen LogP contribution in [0.3, 0.4) is 0 Å². The molecule has 1 fully saturated rings. The zero-order valence-corrected chi connectivity index (χ0v) is 13.4. The monoisotopic (exact) mass is 317 g/mol. The summed E-state index contributed by atoms with van der Waals surface area (Å²) in [5.41, 5.74) is 0.574. The van der Waals surface area contributed by atoms with Crippen molar-refractivity contribution in [3.63, 3.8) is 0 Å². The number of nitrogens with zero attached hydrogens (tertiary/aromatic N) is 3. The van der Waals surface area contributed by atoms with Crippen molar-refractivity contribution in [2.24, 2.45) is 0 Å². The highest BCUT2D eigenvalue weighted by Crippen LogP contribution is 2.30. The highest BCUT2D eigenvalue weighted by Gasteiger charge is 2.31. The van der Waals surface area contributed by atoms with Crippen LogP contribution in [0, 0.1) is 6.92 Å². The molecule has 1 aliphatic heterocycles. The molecule has 1 atom stereocenters. The second-order valence-corrected chi connectivity index (χ2v) is 5.47. The summed E-state index contributed by atoms with van der Waals surface area (Å²) < 4.78 is 15.9. The summed E-state index contributed by atoms with van der Waals surface area (Å²) >= 11 is 0. The van der Waals surface area contributed by atoms with Gasteiger partial charge in [-0.1, -0.05) is 0 Å². The van der Waals surface area contributed by atoms with Crippen molar-refractivity contribution in [3.8, 4) is 11.5 Å². The molecule has 7 heteroatoms. The predicted molar refractivity (Wildman–Crippen MR) is 81.8 cm³/mol. The average Bonchev–Trinajstić information content (AvgIpc) is 3.22. The number of likely N-dealkylation sites (tertiary alicyclic amines) is 1. The summed E-state index contributed by atoms with van der Waals surface area (Å²) in [5, 5.41) is 7.90. The number of benzene rings is 1. The summed E-state index contributed by atoms with van der Waals surface area (Å²) in [6, 6.07) is 5.18. The van der Waals surface area contributed by atoms with E-state index in [9.17, 15) is 4.79 Å². The van der Waals surface area contributed by atoms with Crippen LogP contribution in [0.2, 0.25) is 0 Å². The van der Waals surface area contributed by atoms with Gasteiger partial charge in [-0.2, -0.15) is 0 Å². The minimum atomic E-state index is -0.0373. The third-order valence-corrected chi connectivity index (χ3v) is 4.00. The Labute approximate surface area is 134 Å². The Hall–Kier alpha value is -2.57. The highest BCUT2D eigenvalue weighted by molar-refractivity contribution is 5.95. The van der Waals surface area contributed by atoms with Crippen molar-refractivity contribution in [1.82, 2.24) is 15.1 Å². The quantitative estimate of drug-likeness (QED) is 0.858. The van der Waals surface area contributed by atoms with Gasteiger partial charge in [0, 0.05) is 25.6 Å². The van der Waals surface area contributed by atoms with E-state index < -0.39 is 0 Å². The maximum Gasteiger partial charge on any atom is 0.254 e. The fourth-order valence-corrected chi connectivity index (χ4v) is 2.77. The molecule has 0 bridgehead atoms. The van der Waals surface area contributed by atoms with Gasteiger partial charge in [-0.15, -0.1) is 10.2 Å². The van der Waals surface area contributed by atoms with Gasteiger partial charge in [0.05, 0.1) is 20.1 Å². The standard InChI is InChI=1S/C16H19N3O4/c1-10-17-18-15(23-10)12-6-7-19(9-12)16(20)11-4-5-13(21-2)14(8-11)22-3/h4-5,8,12H,6-7,9H2,1-3H3. The van der Waals surface area contributed by atoms with E-state index in [0.29, 0.717) is 41.9 Å². The first-order valence-corrected chi connectivity index (χ1v) is 7.43. The molecule has 7 nitrogen and oxygen atoms in total. The molecule has 1 amide bonds. The maximum absolute atomic E-state index is 12.7. The minimum Gasteiger partial charge on any atom is -0.493 e. The van der Waals surface area contributed by atoms with E-state index in [1.165, 1.54) is 0 Å².